The molecule has 0 spiro atoms. The van der Waals surface area contributed by atoms with Gasteiger partial charge in [0.25, 0.3) is 0 Å². The van der Waals surface area contributed by atoms with Gasteiger partial charge in [0, 0.05) is 13.6 Å². The third-order valence-corrected chi connectivity index (χ3v) is 3.40. The molecule has 0 unspecified atom stereocenters. The maximum Gasteiger partial charge on any atom is 0.126 e. The van der Waals surface area contributed by atoms with Gasteiger partial charge in [0.15, 0.2) is 0 Å². The zero-order chi connectivity index (χ0) is 11.9. The van der Waals surface area contributed by atoms with E-state index in [1.165, 1.54) is 50.9 Å². The highest BCUT2D eigenvalue weighted by atomic mass is 15.1. The molecule has 94 valence electrons. The minimum absolute atomic E-state index is 0.967. The van der Waals surface area contributed by atoms with Crippen LogP contribution >= 0.6 is 0 Å². The van der Waals surface area contributed by atoms with Gasteiger partial charge < -0.3 is 5.32 Å². The summed E-state index contributed by atoms with van der Waals surface area (Å²) in [6.07, 6.45) is 6.87. The average Bonchev–Trinajstić information content (AvgIpc) is 2.33. The van der Waals surface area contributed by atoms with Crippen molar-refractivity contribution in [3.05, 3.63) is 23.9 Å². The molecular formula is C14H23N3. The van der Waals surface area contributed by atoms with Crippen molar-refractivity contribution in [3.63, 3.8) is 0 Å². The highest BCUT2D eigenvalue weighted by Gasteiger charge is 2.09. The van der Waals surface area contributed by atoms with Crippen molar-refractivity contribution in [3.8, 4) is 0 Å². The van der Waals surface area contributed by atoms with E-state index in [4.69, 9.17) is 0 Å². The minimum Gasteiger partial charge on any atom is -0.373 e. The van der Waals surface area contributed by atoms with Gasteiger partial charge in [0.2, 0.25) is 0 Å². The smallest absolute Gasteiger partial charge is 0.126 e. The van der Waals surface area contributed by atoms with Gasteiger partial charge in [-0.25, -0.2) is 4.98 Å². The van der Waals surface area contributed by atoms with Crippen LogP contribution in [0, 0.1) is 0 Å². The highest BCUT2D eigenvalue weighted by Crippen LogP contribution is 2.13. The molecule has 2 heterocycles. The first-order chi connectivity index (χ1) is 8.38. The van der Waals surface area contributed by atoms with E-state index in [0.717, 1.165) is 12.4 Å². The Balaban J connectivity index is 1.93. The van der Waals surface area contributed by atoms with Crippen molar-refractivity contribution in [1.82, 2.24) is 9.88 Å². The molecule has 3 heteroatoms. The minimum atomic E-state index is 0.967. The molecule has 1 fully saturated rings. The largest absolute Gasteiger partial charge is 0.373 e. The molecule has 0 atom stereocenters. The normalized spacial score (nSPS) is 18.4. The second-order valence-corrected chi connectivity index (χ2v) is 4.81. The molecule has 1 aromatic heterocycles. The van der Waals surface area contributed by atoms with Gasteiger partial charge in [-0.05, 0) is 38.1 Å². The second kappa shape index (κ2) is 6.60. The maximum absolute atomic E-state index is 4.59. The Morgan fingerprint density at radius 2 is 1.82 bits per heavy atom. The fourth-order valence-electron chi connectivity index (χ4n) is 2.41. The maximum atomic E-state index is 4.59. The number of anilines is 1. The van der Waals surface area contributed by atoms with Gasteiger partial charge in [0.1, 0.15) is 5.82 Å². The molecule has 1 aliphatic rings. The van der Waals surface area contributed by atoms with Crippen LogP contribution in [-0.4, -0.2) is 30.0 Å². The lowest BCUT2D eigenvalue weighted by molar-refractivity contribution is 0.237. The summed E-state index contributed by atoms with van der Waals surface area (Å²) in [6, 6.07) is 6.22. The molecule has 1 aromatic rings. The van der Waals surface area contributed by atoms with Crippen LogP contribution in [0.5, 0.6) is 0 Å². The van der Waals surface area contributed by atoms with Crippen molar-refractivity contribution in [1.29, 1.82) is 0 Å². The standard InChI is InChI=1S/C14H23N3/c1-15-14-9-7-8-13(16-14)12-17-10-5-3-2-4-6-11-17/h7-9H,2-6,10-12H2,1H3,(H,15,16). The molecule has 1 saturated heterocycles. The summed E-state index contributed by atoms with van der Waals surface area (Å²) in [7, 11) is 1.92. The quantitative estimate of drug-likeness (QED) is 0.870. The van der Waals surface area contributed by atoms with E-state index < -0.39 is 0 Å². The van der Waals surface area contributed by atoms with Crippen LogP contribution in [0.3, 0.4) is 0 Å². The number of hydrogen-bond donors (Lipinski definition) is 1. The Morgan fingerprint density at radius 1 is 1.12 bits per heavy atom. The summed E-state index contributed by atoms with van der Waals surface area (Å²) in [4.78, 5) is 7.13. The van der Waals surface area contributed by atoms with Crippen molar-refractivity contribution in [2.75, 3.05) is 25.5 Å². The Hall–Kier alpha value is -1.09. The van der Waals surface area contributed by atoms with Gasteiger partial charge in [-0.1, -0.05) is 25.3 Å². The summed E-state index contributed by atoms with van der Waals surface area (Å²) >= 11 is 0. The van der Waals surface area contributed by atoms with E-state index >= 15 is 0 Å². The molecule has 0 radical (unpaired) electrons. The third kappa shape index (κ3) is 4.00. The Bertz CT molecular complexity index is 330. The lowest BCUT2D eigenvalue weighted by Crippen LogP contribution is -2.27. The number of nitrogens with one attached hydrogen (secondary N) is 1. The molecular weight excluding hydrogens is 210 g/mol. The molecule has 3 nitrogen and oxygen atoms in total. The number of rotatable bonds is 3. The van der Waals surface area contributed by atoms with Crippen LogP contribution < -0.4 is 5.32 Å². The topological polar surface area (TPSA) is 28.2 Å². The molecule has 0 aromatic carbocycles. The van der Waals surface area contributed by atoms with Gasteiger partial charge >= 0.3 is 0 Å². The van der Waals surface area contributed by atoms with E-state index in [0.29, 0.717) is 0 Å². The SMILES string of the molecule is CNc1cccc(CN2CCCCCCC2)n1. The van der Waals surface area contributed by atoms with E-state index in [9.17, 15) is 0 Å². The molecule has 17 heavy (non-hydrogen) atoms. The summed E-state index contributed by atoms with van der Waals surface area (Å²) in [5.41, 5.74) is 1.18. The van der Waals surface area contributed by atoms with Crippen LogP contribution in [0.25, 0.3) is 0 Å². The monoisotopic (exact) mass is 233 g/mol. The van der Waals surface area contributed by atoms with Crippen molar-refractivity contribution < 1.29 is 0 Å². The van der Waals surface area contributed by atoms with Crippen LogP contribution in [0.15, 0.2) is 18.2 Å². The number of pyridine rings is 1. The fourth-order valence-corrected chi connectivity index (χ4v) is 2.41. The van der Waals surface area contributed by atoms with E-state index in [-0.39, 0.29) is 0 Å². The van der Waals surface area contributed by atoms with Crippen LogP contribution in [0.2, 0.25) is 0 Å². The van der Waals surface area contributed by atoms with Crippen molar-refractivity contribution in [2.45, 2.75) is 38.6 Å². The Labute approximate surface area is 104 Å². The number of hydrogen-bond acceptors (Lipinski definition) is 3. The zero-order valence-electron chi connectivity index (χ0n) is 10.8. The third-order valence-electron chi connectivity index (χ3n) is 3.40. The molecule has 1 N–H and O–H groups in total. The fraction of sp³-hybridized carbons (Fsp3) is 0.643. The Morgan fingerprint density at radius 3 is 2.53 bits per heavy atom. The first-order valence-corrected chi connectivity index (χ1v) is 6.74. The summed E-state index contributed by atoms with van der Waals surface area (Å²) in [5, 5.41) is 3.10. The second-order valence-electron chi connectivity index (χ2n) is 4.81. The predicted octanol–water partition coefficient (Wildman–Crippen LogP) is 2.89. The van der Waals surface area contributed by atoms with E-state index in [1.807, 2.05) is 13.1 Å². The van der Waals surface area contributed by atoms with E-state index in [1.54, 1.807) is 0 Å². The van der Waals surface area contributed by atoms with Gasteiger partial charge in [-0.2, -0.15) is 0 Å². The molecule has 2 rings (SSSR count). The van der Waals surface area contributed by atoms with Crippen LogP contribution in [0.4, 0.5) is 5.82 Å². The number of nitrogens with zero attached hydrogens (tertiary/aromatic N) is 2. The molecule has 1 aliphatic heterocycles. The summed E-state index contributed by atoms with van der Waals surface area (Å²) < 4.78 is 0. The van der Waals surface area contributed by atoms with Gasteiger partial charge in [0.05, 0.1) is 5.69 Å². The first-order valence-electron chi connectivity index (χ1n) is 6.74. The lowest BCUT2D eigenvalue weighted by Gasteiger charge is -2.24. The molecule has 0 aliphatic carbocycles. The van der Waals surface area contributed by atoms with Crippen LogP contribution in [-0.2, 0) is 6.54 Å². The van der Waals surface area contributed by atoms with Gasteiger partial charge in [-0.15, -0.1) is 0 Å². The van der Waals surface area contributed by atoms with Crippen LogP contribution in [0.1, 0.15) is 37.8 Å². The Kier molecular flexibility index (Phi) is 4.80. The molecule has 0 amide bonds. The summed E-state index contributed by atoms with van der Waals surface area (Å²) in [5.74, 6) is 0.967. The average molecular weight is 233 g/mol. The van der Waals surface area contributed by atoms with E-state index in [2.05, 4.69) is 27.3 Å². The van der Waals surface area contributed by atoms with Gasteiger partial charge in [-0.3, -0.25) is 4.90 Å². The summed E-state index contributed by atoms with van der Waals surface area (Å²) in [6.45, 7) is 3.45. The predicted molar refractivity (Wildman–Crippen MR) is 72.1 cm³/mol. The van der Waals surface area contributed by atoms with Crippen molar-refractivity contribution >= 4 is 5.82 Å². The molecule has 0 saturated carbocycles. The number of likely N-dealkylation sites (tertiary alicyclic amines) is 1. The first kappa shape index (κ1) is 12.4. The van der Waals surface area contributed by atoms with Crippen molar-refractivity contribution in [2.24, 2.45) is 0 Å². The molecule has 0 bridgehead atoms. The zero-order valence-corrected chi connectivity index (χ0v) is 10.8. The highest BCUT2D eigenvalue weighted by molar-refractivity contribution is 5.34. The number of aromatic nitrogens is 1. The lowest BCUT2D eigenvalue weighted by atomic mass is 10.1.